The highest BCUT2D eigenvalue weighted by molar-refractivity contribution is 9.10. The molecule has 0 fully saturated rings. The van der Waals surface area contributed by atoms with Crippen molar-refractivity contribution in [1.29, 1.82) is 0 Å². The van der Waals surface area contributed by atoms with Gasteiger partial charge in [0.05, 0.1) is 9.35 Å². The number of nitrogens with zero attached hydrogens (tertiary/aromatic N) is 1. The fourth-order valence-electron chi connectivity index (χ4n) is 1.25. The number of anilines is 1. The minimum Gasteiger partial charge on any atom is -0.305 e. The van der Waals surface area contributed by atoms with Crippen molar-refractivity contribution >= 4 is 39.0 Å². The van der Waals surface area contributed by atoms with Crippen LogP contribution in [0.4, 0.5) is 5.82 Å². The molecular formula is C11H9BrN2OS. The van der Waals surface area contributed by atoms with E-state index < -0.39 is 0 Å². The number of thiophene rings is 1. The van der Waals surface area contributed by atoms with E-state index in [9.17, 15) is 4.79 Å². The maximum absolute atomic E-state index is 11.9. The summed E-state index contributed by atoms with van der Waals surface area (Å²) < 4.78 is 0.776. The van der Waals surface area contributed by atoms with Crippen molar-refractivity contribution in [2.75, 3.05) is 5.32 Å². The molecule has 2 aromatic heterocycles. The van der Waals surface area contributed by atoms with E-state index in [0.717, 1.165) is 14.9 Å². The number of hydrogen-bond donors (Lipinski definition) is 1. The summed E-state index contributed by atoms with van der Waals surface area (Å²) in [4.78, 5) is 16.7. The van der Waals surface area contributed by atoms with E-state index in [-0.39, 0.29) is 5.91 Å². The zero-order valence-corrected chi connectivity index (χ0v) is 10.9. The smallest absolute Gasteiger partial charge is 0.267 e. The minimum absolute atomic E-state index is 0.119. The number of nitrogens with one attached hydrogen (secondary N) is 1. The summed E-state index contributed by atoms with van der Waals surface area (Å²) in [5.74, 6) is 0.423. The van der Waals surface area contributed by atoms with Crippen molar-refractivity contribution in [2.24, 2.45) is 0 Å². The number of amides is 1. The van der Waals surface area contributed by atoms with Crippen molar-refractivity contribution in [3.05, 3.63) is 44.7 Å². The van der Waals surface area contributed by atoms with Crippen LogP contribution < -0.4 is 5.32 Å². The molecule has 0 unspecified atom stereocenters. The van der Waals surface area contributed by atoms with Crippen LogP contribution in [0.2, 0.25) is 0 Å². The molecule has 16 heavy (non-hydrogen) atoms. The van der Waals surface area contributed by atoms with Gasteiger partial charge in [-0.2, -0.15) is 0 Å². The Labute approximate surface area is 106 Å². The van der Waals surface area contributed by atoms with Crippen molar-refractivity contribution in [3.8, 4) is 0 Å². The highest BCUT2D eigenvalue weighted by Crippen LogP contribution is 2.21. The Bertz CT molecular complexity index is 524. The summed E-state index contributed by atoms with van der Waals surface area (Å²) in [5, 5.41) is 4.67. The highest BCUT2D eigenvalue weighted by atomic mass is 79.9. The Morgan fingerprint density at radius 3 is 2.94 bits per heavy atom. The molecule has 0 bridgehead atoms. The normalized spacial score (nSPS) is 10.1. The molecule has 2 aromatic rings. The second-order valence-corrected chi connectivity index (χ2v) is 4.99. The lowest BCUT2D eigenvalue weighted by Crippen LogP contribution is -2.12. The van der Waals surface area contributed by atoms with Crippen LogP contribution in [0.5, 0.6) is 0 Å². The van der Waals surface area contributed by atoms with Gasteiger partial charge >= 0.3 is 0 Å². The summed E-state index contributed by atoms with van der Waals surface area (Å²) in [6.07, 6.45) is 1.64. The predicted molar refractivity (Wildman–Crippen MR) is 68.9 cm³/mol. The first-order chi connectivity index (χ1) is 7.68. The first-order valence-electron chi connectivity index (χ1n) is 4.64. The van der Waals surface area contributed by atoms with Gasteiger partial charge in [0.2, 0.25) is 0 Å². The van der Waals surface area contributed by atoms with E-state index in [2.05, 4.69) is 26.2 Å². The van der Waals surface area contributed by atoms with Crippen LogP contribution in [0.3, 0.4) is 0 Å². The largest absolute Gasteiger partial charge is 0.305 e. The standard InChI is InChI=1S/C11H9BrN2OS/c1-7-4-6-16-9(7)11(15)14-10-8(12)3-2-5-13-10/h2-6H,1H3,(H,13,14,15). The molecule has 0 aliphatic heterocycles. The van der Waals surface area contributed by atoms with Crippen LogP contribution in [-0.4, -0.2) is 10.9 Å². The van der Waals surface area contributed by atoms with E-state index in [0.29, 0.717) is 5.82 Å². The predicted octanol–water partition coefficient (Wildman–Crippen LogP) is 3.47. The number of carbonyl (C=O) groups excluding carboxylic acids is 1. The fourth-order valence-corrected chi connectivity index (χ4v) is 2.42. The second kappa shape index (κ2) is 4.76. The summed E-state index contributed by atoms with van der Waals surface area (Å²) in [6, 6.07) is 5.56. The SMILES string of the molecule is Cc1ccsc1C(=O)Nc1ncccc1Br. The van der Waals surface area contributed by atoms with Gasteiger partial charge in [-0.1, -0.05) is 0 Å². The van der Waals surface area contributed by atoms with Crippen LogP contribution in [0, 0.1) is 6.92 Å². The molecule has 0 saturated carbocycles. The number of aryl methyl sites for hydroxylation is 1. The average Bonchev–Trinajstić information content (AvgIpc) is 2.68. The Morgan fingerprint density at radius 2 is 2.31 bits per heavy atom. The molecule has 0 aliphatic carbocycles. The van der Waals surface area contributed by atoms with Gasteiger partial charge in [-0.05, 0) is 52.0 Å². The number of pyridine rings is 1. The van der Waals surface area contributed by atoms with Crippen LogP contribution >= 0.6 is 27.3 Å². The lowest BCUT2D eigenvalue weighted by Gasteiger charge is -2.04. The van der Waals surface area contributed by atoms with E-state index in [1.165, 1.54) is 11.3 Å². The van der Waals surface area contributed by atoms with Gasteiger partial charge in [0, 0.05) is 6.20 Å². The monoisotopic (exact) mass is 296 g/mol. The third kappa shape index (κ3) is 2.31. The van der Waals surface area contributed by atoms with E-state index >= 15 is 0 Å². The van der Waals surface area contributed by atoms with Crippen molar-refractivity contribution < 1.29 is 4.79 Å². The number of carbonyl (C=O) groups is 1. The summed E-state index contributed by atoms with van der Waals surface area (Å²) >= 11 is 4.76. The van der Waals surface area contributed by atoms with Crippen LogP contribution in [-0.2, 0) is 0 Å². The Morgan fingerprint density at radius 1 is 1.50 bits per heavy atom. The Balaban J connectivity index is 2.21. The summed E-state index contributed by atoms with van der Waals surface area (Å²) in [6.45, 7) is 1.92. The quantitative estimate of drug-likeness (QED) is 0.922. The number of halogens is 1. The molecular weight excluding hydrogens is 288 g/mol. The molecule has 0 aliphatic rings. The van der Waals surface area contributed by atoms with Gasteiger partial charge in [0.1, 0.15) is 5.82 Å². The van der Waals surface area contributed by atoms with Crippen LogP contribution in [0.15, 0.2) is 34.2 Å². The average molecular weight is 297 g/mol. The molecule has 3 nitrogen and oxygen atoms in total. The zero-order valence-electron chi connectivity index (χ0n) is 8.53. The lowest BCUT2D eigenvalue weighted by atomic mass is 10.3. The summed E-state index contributed by atoms with van der Waals surface area (Å²) in [7, 11) is 0. The zero-order chi connectivity index (χ0) is 11.5. The van der Waals surface area contributed by atoms with Crippen molar-refractivity contribution in [1.82, 2.24) is 4.98 Å². The van der Waals surface area contributed by atoms with E-state index in [4.69, 9.17) is 0 Å². The minimum atomic E-state index is -0.119. The molecule has 0 radical (unpaired) electrons. The molecule has 2 heterocycles. The Hall–Kier alpha value is -1.20. The second-order valence-electron chi connectivity index (χ2n) is 3.22. The molecule has 1 N–H and O–H groups in total. The fraction of sp³-hybridized carbons (Fsp3) is 0.0909. The van der Waals surface area contributed by atoms with Gasteiger partial charge in [0.15, 0.2) is 0 Å². The molecule has 2 rings (SSSR count). The lowest BCUT2D eigenvalue weighted by molar-refractivity contribution is 0.102. The highest BCUT2D eigenvalue weighted by Gasteiger charge is 2.12. The third-order valence-corrected chi connectivity index (χ3v) is 3.71. The molecule has 0 aromatic carbocycles. The van der Waals surface area contributed by atoms with E-state index in [1.54, 1.807) is 12.3 Å². The number of rotatable bonds is 2. The van der Waals surface area contributed by atoms with Gasteiger partial charge < -0.3 is 5.32 Å². The molecule has 0 saturated heterocycles. The van der Waals surface area contributed by atoms with Crippen LogP contribution in [0.1, 0.15) is 15.2 Å². The molecule has 1 amide bonds. The molecule has 0 spiro atoms. The third-order valence-electron chi connectivity index (χ3n) is 2.06. The van der Waals surface area contributed by atoms with Gasteiger partial charge in [0.25, 0.3) is 5.91 Å². The van der Waals surface area contributed by atoms with Gasteiger partial charge in [-0.25, -0.2) is 4.98 Å². The van der Waals surface area contributed by atoms with E-state index in [1.807, 2.05) is 24.4 Å². The first-order valence-corrected chi connectivity index (χ1v) is 6.31. The molecule has 0 atom stereocenters. The maximum Gasteiger partial charge on any atom is 0.267 e. The van der Waals surface area contributed by atoms with Crippen molar-refractivity contribution in [2.45, 2.75) is 6.92 Å². The number of hydrogen-bond acceptors (Lipinski definition) is 3. The van der Waals surface area contributed by atoms with Gasteiger partial charge in [-0.15, -0.1) is 11.3 Å². The molecule has 5 heteroatoms. The maximum atomic E-state index is 11.9. The van der Waals surface area contributed by atoms with Gasteiger partial charge in [-0.3, -0.25) is 4.79 Å². The van der Waals surface area contributed by atoms with Crippen LogP contribution in [0.25, 0.3) is 0 Å². The molecule has 82 valence electrons. The topological polar surface area (TPSA) is 42.0 Å². The Kier molecular flexibility index (Phi) is 3.36. The van der Waals surface area contributed by atoms with Crippen molar-refractivity contribution in [3.63, 3.8) is 0 Å². The summed E-state index contributed by atoms with van der Waals surface area (Å²) in [5.41, 5.74) is 0.981. The first kappa shape index (κ1) is 11.3. The number of aromatic nitrogens is 1.